The molecule has 4 aromatic rings. The third-order valence-corrected chi connectivity index (χ3v) is 5.64. The van der Waals surface area contributed by atoms with Crippen molar-refractivity contribution in [2.45, 2.75) is 26.1 Å². The van der Waals surface area contributed by atoms with Crippen LogP contribution in [0.15, 0.2) is 71.9 Å². The van der Waals surface area contributed by atoms with Gasteiger partial charge in [0, 0.05) is 43.6 Å². The molecule has 0 atom stereocenters. The Morgan fingerprint density at radius 2 is 1.85 bits per heavy atom. The van der Waals surface area contributed by atoms with Gasteiger partial charge in [0.05, 0.1) is 6.33 Å². The number of rotatable bonds is 9. The molecule has 7 nitrogen and oxygen atoms in total. The molecule has 2 heterocycles. The molecule has 0 fully saturated rings. The molecule has 170 valence electrons. The number of benzene rings is 2. The third kappa shape index (κ3) is 5.32. The van der Waals surface area contributed by atoms with E-state index in [1.54, 1.807) is 34.7 Å². The molecular formula is C25H25ClN4O3. The zero-order valence-electron chi connectivity index (χ0n) is 18.3. The summed E-state index contributed by atoms with van der Waals surface area (Å²) in [5.41, 5.74) is 3.51. The van der Waals surface area contributed by atoms with Gasteiger partial charge in [-0.1, -0.05) is 54.1 Å². The summed E-state index contributed by atoms with van der Waals surface area (Å²) in [6, 6.07) is 17.0. The molecule has 0 unspecified atom stereocenters. The lowest BCUT2D eigenvalue weighted by Gasteiger charge is -2.09. The highest BCUT2D eigenvalue weighted by Crippen LogP contribution is 2.27. The van der Waals surface area contributed by atoms with E-state index in [0.29, 0.717) is 42.2 Å². The van der Waals surface area contributed by atoms with E-state index >= 15 is 0 Å². The summed E-state index contributed by atoms with van der Waals surface area (Å²) in [4.78, 5) is 30.6. The molecule has 1 N–H and O–H groups in total. The van der Waals surface area contributed by atoms with Gasteiger partial charge < -0.3 is 14.6 Å². The van der Waals surface area contributed by atoms with Crippen molar-refractivity contribution in [1.82, 2.24) is 19.4 Å². The number of amides is 1. The highest BCUT2D eigenvalue weighted by Gasteiger charge is 2.18. The van der Waals surface area contributed by atoms with Gasteiger partial charge in [-0.25, -0.2) is 4.98 Å². The van der Waals surface area contributed by atoms with Crippen molar-refractivity contribution < 1.29 is 9.53 Å². The standard InChI is InChI=1S/C25H25ClN4O3/c1-33-13-5-12-29-17-28-23-21(19-6-3-2-4-7-19)15-30(24(23)25(29)32)16-22(31)27-14-18-8-10-20(26)11-9-18/h2-4,6-11,15,17H,5,12-14,16H2,1H3,(H,27,31). The summed E-state index contributed by atoms with van der Waals surface area (Å²) in [6.07, 6.45) is 4.09. The van der Waals surface area contributed by atoms with Crippen LogP contribution in [0.25, 0.3) is 22.2 Å². The summed E-state index contributed by atoms with van der Waals surface area (Å²) in [6.45, 7) is 1.42. The average Bonchev–Trinajstić information content (AvgIpc) is 3.20. The predicted molar refractivity (Wildman–Crippen MR) is 129 cm³/mol. The number of carbonyl (C=O) groups excluding carboxylic acids is 1. The zero-order valence-corrected chi connectivity index (χ0v) is 19.1. The van der Waals surface area contributed by atoms with Gasteiger partial charge in [0.1, 0.15) is 17.6 Å². The Kier molecular flexibility index (Phi) is 7.22. The van der Waals surface area contributed by atoms with E-state index in [0.717, 1.165) is 16.7 Å². The first-order chi connectivity index (χ1) is 16.1. The number of ether oxygens (including phenoxy) is 1. The van der Waals surface area contributed by atoms with Gasteiger partial charge in [0.2, 0.25) is 5.91 Å². The van der Waals surface area contributed by atoms with Gasteiger partial charge in [0.15, 0.2) is 0 Å². The smallest absolute Gasteiger partial charge is 0.277 e. The van der Waals surface area contributed by atoms with Crippen LogP contribution in [-0.4, -0.2) is 33.7 Å². The van der Waals surface area contributed by atoms with E-state index in [-0.39, 0.29) is 18.0 Å². The third-order valence-electron chi connectivity index (χ3n) is 5.39. The monoisotopic (exact) mass is 464 g/mol. The second kappa shape index (κ2) is 10.5. The second-order valence-electron chi connectivity index (χ2n) is 7.73. The first-order valence-corrected chi connectivity index (χ1v) is 11.1. The fraction of sp³-hybridized carbons (Fsp3) is 0.240. The van der Waals surface area contributed by atoms with Crippen LogP contribution in [0, 0.1) is 0 Å². The molecule has 4 rings (SSSR count). The van der Waals surface area contributed by atoms with Crippen LogP contribution < -0.4 is 10.9 Å². The molecular weight excluding hydrogens is 440 g/mol. The second-order valence-corrected chi connectivity index (χ2v) is 8.16. The SMILES string of the molecule is COCCCn1cnc2c(-c3ccccc3)cn(CC(=O)NCc3ccc(Cl)cc3)c2c1=O. The van der Waals surface area contributed by atoms with Crippen LogP contribution in [0.4, 0.5) is 0 Å². The Morgan fingerprint density at radius 1 is 1.09 bits per heavy atom. The van der Waals surface area contributed by atoms with Crippen LogP contribution in [0.5, 0.6) is 0 Å². The number of halogens is 1. The van der Waals surface area contributed by atoms with Crippen LogP contribution >= 0.6 is 11.6 Å². The molecule has 0 radical (unpaired) electrons. The Labute approximate surface area is 196 Å². The maximum Gasteiger partial charge on any atom is 0.277 e. The Balaban J connectivity index is 1.64. The summed E-state index contributed by atoms with van der Waals surface area (Å²) in [5.74, 6) is -0.198. The molecule has 0 aliphatic carbocycles. The summed E-state index contributed by atoms with van der Waals surface area (Å²) in [7, 11) is 1.63. The van der Waals surface area contributed by atoms with Gasteiger partial charge in [-0.05, 0) is 29.7 Å². The normalized spacial score (nSPS) is 11.1. The summed E-state index contributed by atoms with van der Waals surface area (Å²) < 4.78 is 8.36. The van der Waals surface area contributed by atoms with E-state index in [4.69, 9.17) is 16.3 Å². The van der Waals surface area contributed by atoms with Crippen molar-refractivity contribution in [3.63, 3.8) is 0 Å². The highest BCUT2D eigenvalue weighted by molar-refractivity contribution is 6.30. The van der Waals surface area contributed by atoms with E-state index < -0.39 is 0 Å². The largest absolute Gasteiger partial charge is 0.385 e. The molecule has 0 saturated heterocycles. The van der Waals surface area contributed by atoms with Gasteiger partial charge in [-0.3, -0.25) is 14.2 Å². The molecule has 2 aromatic heterocycles. The maximum absolute atomic E-state index is 13.3. The number of nitrogens with one attached hydrogen (secondary N) is 1. The Bertz CT molecular complexity index is 1300. The molecule has 1 amide bonds. The number of hydrogen-bond donors (Lipinski definition) is 1. The number of hydrogen-bond acceptors (Lipinski definition) is 4. The molecule has 2 aromatic carbocycles. The van der Waals surface area contributed by atoms with E-state index in [2.05, 4.69) is 10.3 Å². The molecule has 0 aliphatic rings. The van der Waals surface area contributed by atoms with Crippen LogP contribution in [0.2, 0.25) is 5.02 Å². The zero-order chi connectivity index (χ0) is 23.2. The number of aromatic nitrogens is 3. The molecule has 8 heteroatoms. The van der Waals surface area contributed by atoms with Gasteiger partial charge in [-0.2, -0.15) is 0 Å². The minimum atomic E-state index is -0.198. The summed E-state index contributed by atoms with van der Waals surface area (Å²) in [5, 5.41) is 3.55. The van der Waals surface area contributed by atoms with Gasteiger partial charge in [-0.15, -0.1) is 0 Å². The summed E-state index contributed by atoms with van der Waals surface area (Å²) >= 11 is 5.92. The number of nitrogens with zero attached hydrogens (tertiary/aromatic N) is 3. The lowest BCUT2D eigenvalue weighted by atomic mass is 10.1. The van der Waals surface area contributed by atoms with Crippen molar-refractivity contribution >= 4 is 28.5 Å². The Hall–Kier alpha value is -3.42. The number of fused-ring (bicyclic) bond motifs is 1. The van der Waals surface area contributed by atoms with Crippen molar-refractivity contribution in [2.24, 2.45) is 0 Å². The highest BCUT2D eigenvalue weighted by atomic mass is 35.5. The minimum Gasteiger partial charge on any atom is -0.385 e. The van der Waals surface area contributed by atoms with E-state index in [1.165, 1.54) is 0 Å². The van der Waals surface area contributed by atoms with Crippen molar-refractivity contribution in [2.75, 3.05) is 13.7 Å². The molecule has 33 heavy (non-hydrogen) atoms. The number of carbonyl (C=O) groups is 1. The van der Waals surface area contributed by atoms with Gasteiger partial charge in [0.25, 0.3) is 5.56 Å². The number of methoxy groups -OCH3 is 1. The predicted octanol–water partition coefficient (Wildman–Crippen LogP) is 3.87. The topological polar surface area (TPSA) is 78.2 Å². The van der Waals surface area contributed by atoms with Crippen LogP contribution in [0.3, 0.4) is 0 Å². The molecule has 0 saturated carbocycles. The first-order valence-electron chi connectivity index (χ1n) is 10.7. The van der Waals surface area contributed by atoms with Crippen molar-refractivity contribution in [1.29, 1.82) is 0 Å². The molecule has 0 aliphatic heterocycles. The lowest BCUT2D eigenvalue weighted by molar-refractivity contribution is -0.121. The number of aryl methyl sites for hydroxylation is 1. The fourth-order valence-corrected chi connectivity index (χ4v) is 3.85. The van der Waals surface area contributed by atoms with Crippen LogP contribution in [-0.2, 0) is 29.2 Å². The minimum absolute atomic E-state index is 0.00985. The molecule has 0 bridgehead atoms. The maximum atomic E-state index is 13.3. The Morgan fingerprint density at radius 3 is 2.58 bits per heavy atom. The average molecular weight is 465 g/mol. The molecule has 0 spiro atoms. The van der Waals surface area contributed by atoms with E-state index in [9.17, 15) is 9.59 Å². The van der Waals surface area contributed by atoms with Crippen molar-refractivity contribution in [3.8, 4) is 11.1 Å². The van der Waals surface area contributed by atoms with E-state index in [1.807, 2.05) is 48.7 Å². The van der Waals surface area contributed by atoms with Gasteiger partial charge >= 0.3 is 0 Å². The fourth-order valence-electron chi connectivity index (χ4n) is 3.72. The van der Waals surface area contributed by atoms with Crippen molar-refractivity contribution in [3.05, 3.63) is 88.1 Å². The first kappa shape index (κ1) is 22.8. The quantitative estimate of drug-likeness (QED) is 0.381. The van der Waals surface area contributed by atoms with Crippen LogP contribution in [0.1, 0.15) is 12.0 Å². The lowest BCUT2D eigenvalue weighted by Crippen LogP contribution is -2.29.